The maximum absolute atomic E-state index is 5.56. The molecule has 5 nitrogen and oxygen atoms in total. The molecule has 1 atom stereocenters. The highest BCUT2D eigenvalue weighted by molar-refractivity contribution is 7.16. The molecule has 0 aromatic carbocycles. The summed E-state index contributed by atoms with van der Waals surface area (Å²) in [7, 11) is 0. The molecule has 0 radical (unpaired) electrons. The third-order valence-corrected chi connectivity index (χ3v) is 4.04. The zero-order valence-corrected chi connectivity index (χ0v) is 12.1. The first kappa shape index (κ1) is 13.4. The van der Waals surface area contributed by atoms with Gasteiger partial charge in [-0.25, -0.2) is 0 Å². The van der Waals surface area contributed by atoms with Gasteiger partial charge >= 0.3 is 0 Å². The minimum Gasteiger partial charge on any atom is -0.330 e. The van der Waals surface area contributed by atoms with Gasteiger partial charge in [-0.1, -0.05) is 32.1 Å². The van der Waals surface area contributed by atoms with E-state index in [4.69, 9.17) is 5.73 Å². The summed E-state index contributed by atoms with van der Waals surface area (Å²) in [6, 6.07) is 0. The van der Waals surface area contributed by atoms with Crippen LogP contribution in [0.25, 0.3) is 4.96 Å². The number of hydrogen-bond acceptors (Lipinski definition) is 5. The van der Waals surface area contributed by atoms with E-state index >= 15 is 0 Å². The van der Waals surface area contributed by atoms with E-state index in [-0.39, 0.29) is 0 Å². The van der Waals surface area contributed by atoms with Gasteiger partial charge in [0.1, 0.15) is 5.01 Å². The topological polar surface area (TPSA) is 69.1 Å². The first-order chi connectivity index (χ1) is 8.61. The summed E-state index contributed by atoms with van der Waals surface area (Å²) in [5.74, 6) is 1.96. The number of fused-ring (bicyclic) bond motifs is 1. The Kier molecular flexibility index (Phi) is 4.29. The number of aromatic nitrogens is 4. The number of nitrogens with two attached hydrogens (primary N) is 1. The van der Waals surface area contributed by atoms with Crippen molar-refractivity contribution in [3.63, 3.8) is 0 Å². The molecule has 0 aliphatic rings. The van der Waals surface area contributed by atoms with Crippen molar-refractivity contribution < 1.29 is 0 Å². The molecule has 0 bridgehead atoms. The first-order valence-corrected chi connectivity index (χ1v) is 7.34. The van der Waals surface area contributed by atoms with Crippen molar-refractivity contribution >= 4 is 16.3 Å². The van der Waals surface area contributed by atoms with Gasteiger partial charge in [0.25, 0.3) is 0 Å². The van der Waals surface area contributed by atoms with Gasteiger partial charge in [0.15, 0.2) is 5.82 Å². The molecule has 0 saturated carbocycles. The molecule has 2 heterocycles. The second kappa shape index (κ2) is 5.75. The molecule has 2 N–H and O–H groups in total. The van der Waals surface area contributed by atoms with Gasteiger partial charge in [-0.2, -0.15) is 9.61 Å². The summed E-state index contributed by atoms with van der Waals surface area (Å²) in [4.78, 5) is 0.903. The molecule has 0 amide bonds. The van der Waals surface area contributed by atoms with Gasteiger partial charge in [0.05, 0.1) is 0 Å². The van der Waals surface area contributed by atoms with Gasteiger partial charge in [-0.05, 0) is 25.3 Å². The van der Waals surface area contributed by atoms with Gasteiger partial charge in [-0.15, -0.1) is 10.2 Å². The Morgan fingerprint density at radius 3 is 2.67 bits per heavy atom. The van der Waals surface area contributed by atoms with E-state index < -0.39 is 0 Å². The van der Waals surface area contributed by atoms with Crippen LogP contribution in [0.5, 0.6) is 0 Å². The van der Waals surface area contributed by atoms with Crippen LogP contribution in [-0.2, 0) is 6.42 Å². The maximum Gasteiger partial charge on any atom is 0.234 e. The van der Waals surface area contributed by atoms with E-state index in [9.17, 15) is 0 Å². The van der Waals surface area contributed by atoms with Crippen LogP contribution in [0, 0.1) is 5.92 Å². The lowest BCUT2D eigenvalue weighted by Gasteiger charge is -2.07. The van der Waals surface area contributed by atoms with Gasteiger partial charge in [-0.3, -0.25) is 0 Å². The van der Waals surface area contributed by atoms with Crippen molar-refractivity contribution in [3.8, 4) is 0 Å². The average Bonchev–Trinajstić information content (AvgIpc) is 2.85. The zero-order valence-electron chi connectivity index (χ0n) is 11.3. The van der Waals surface area contributed by atoms with Crippen molar-refractivity contribution in [1.82, 2.24) is 19.8 Å². The Morgan fingerprint density at radius 1 is 1.22 bits per heavy atom. The fourth-order valence-electron chi connectivity index (χ4n) is 1.93. The summed E-state index contributed by atoms with van der Waals surface area (Å²) in [5, 5.41) is 14.1. The fraction of sp³-hybridized carbons (Fsp3) is 0.750. The normalized spacial score (nSPS) is 13.6. The number of nitrogens with zero attached hydrogens (tertiary/aromatic N) is 4. The maximum atomic E-state index is 5.56. The standard InChI is InChI=1S/C12H21N5S/c1-8(2)11-14-15-12-17(11)16-10(18-12)5-4-9(3)6-7-13/h8-9H,4-7,13H2,1-3H3. The smallest absolute Gasteiger partial charge is 0.234 e. The van der Waals surface area contributed by atoms with Crippen molar-refractivity contribution in [2.75, 3.05) is 6.54 Å². The molecular formula is C12H21N5S. The third-order valence-electron chi connectivity index (χ3n) is 3.08. The van der Waals surface area contributed by atoms with Crippen LogP contribution in [0.2, 0.25) is 0 Å². The second-order valence-electron chi connectivity index (χ2n) is 5.12. The molecule has 0 aliphatic heterocycles. The molecule has 1 unspecified atom stereocenters. The van der Waals surface area contributed by atoms with Crippen LogP contribution in [0.15, 0.2) is 0 Å². The largest absolute Gasteiger partial charge is 0.330 e. The van der Waals surface area contributed by atoms with Crippen LogP contribution >= 0.6 is 11.3 Å². The lowest BCUT2D eigenvalue weighted by Crippen LogP contribution is -2.06. The van der Waals surface area contributed by atoms with Crippen LogP contribution in [0.1, 0.15) is 50.4 Å². The lowest BCUT2D eigenvalue weighted by molar-refractivity contribution is 0.497. The van der Waals surface area contributed by atoms with Crippen molar-refractivity contribution in [1.29, 1.82) is 0 Å². The Balaban J connectivity index is 2.06. The molecule has 2 rings (SSSR count). The van der Waals surface area contributed by atoms with Crippen LogP contribution < -0.4 is 5.73 Å². The first-order valence-electron chi connectivity index (χ1n) is 6.53. The van der Waals surface area contributed by atoms with E-state index in [2.05, 4.69) is 36.1 Å². The molecule has 0 saturated heterocycles. The summed E-state index contributed by atoms with van der Waals surface area (Å²) in [6.45, 7) is 7.23. The van der Waals surface area contributed by atoms with E-state index in [1.807, 2.05) is 4.52 Å². The predicted molar refractivity (Wildman–Crippen MR) is 73.9 cm³/mol. The number of hydrogen-bond donors (Lipinski definition) is 1. The van der Waals surface area contributed by atoms with Gasteiger partial charge < -0.3 is 5.73 Å². The highest BCUT2D eigenvalue weighted by Gasteiger charge is 2.14. The van der Waals surface area contributed by atoms with E-state index in [1.54, 1.807) is 11.3 Å². The molecule has 2 aromatic rings. The monoisotopic (exact) mass is 267 g/mol. The van der Waals surface area contributed by atoms with Gasteiger partial charge in [0.2, 0.25) is 4.96 Å². The Bertz CT molecular complexity index is 502. The van der Waals surface area contributed by atoms with Crippen molar-refractivity contribution in [2.45, 2.75) is 46.0 Å². The fourth-order valence-corrected chi connectivity index (χ4v) is 2.79. The molecule has 0 aliphatic carbocycles. The SMILES string of the molecule is CC(CCN)CCc1nn2c(C(C)C)nnc2s1. The van der Waals surface area contributed by atoms with Crippen LogP contribution in [0.3, 0.4) is 0 Å². The van der Waals surface area contributed by atoms with Crippen LogP contribution in [0.4, 0.5) is 0 Å². The average molecular weight is 267 g/mol. The molecule has 18 heavy (non-hydrogen) atoms. The predicted octanol–water partition coefficient (Wildman–Crippen LogP) is 2.23. The van der Waals surface area contributed by atoms with E-state index in [0.29, 0.717) is 11.8 Å². The van der Waals surface area contributed by atoms with Crippen molar-refractivity contribution in [3.05, 3.63) is 10.8 Å². The molecule has 100 valence electrons. The Morgan fingerprint density at radius 2 is 2.00 bits per heavy atom. The van der Waals surface area contributed by atoms with Crippen molar-refractivity contribution in [2.24, 2.45) is 11.7 Å². The third kappa shape index (κ3) is 2.87. The molecule has 6 heteroatoms. The Hall–Kier alpha value is -1.01. The quantitative estimate of drug-likeness (QED) is 0.871. The molecule has 0 fully saturated rings. The summed E-state index contributed by atoms with van der Waals surface area (Å²) in [5.41, 5.74) is 5.56. The molecule has 0 spiro atoms. The zero-order chi connectivity index (χ0) is 13.1. The Labute approximate surface area is 111 Å². The second-order valence-corrected chi connectivity index (χ2v) is 6.16. The summed E-state index contributed by atoms with van der Waals surface area (Å²) < 4.78 is 1.89. The van der Waals surface area contributed by atoms with E-state index in [1.165, 1.54) is 0 Å². The van der Waals surface area contributed by atoms with Gasteiger partial charge in [0, 0.05) is 12.3 Å². The van der Waals surface area contributed by atoms with E-state index in [0.717, 1.165) is 41.6 Å². The lowest BCUT2D eigenvalue weighted by atomic mass is 10.0. The minimum atomic E-state index is 0.353. The molecule has 2 aromatic heterocycles. The summed E-state index contributed by atoms with van der Waals surface area (Å²) in [6.07, 6.45) is 3.23. The minimum absolute atomic E-state index is 0.353. The number of rotatable bonds is 6. The summed E-state index contributed by atoms with van der Waals surface area (Å²) >= 11 is 1.64. The molecular weight excluding hydrogens is 246 g/mol. The number of aryl methyl sites for hydroxylation is 1. The van der Waals surface area contributed by atoms with Crippen LogP contribution in [-0.4, -0.2) is 26.4 Å². The highest BCUT2D eigenvalue weighted by atomic mass is 32.1. The highest BCUT2D eigenvalue weighted by Crippen LogP contribution is 2.20.